The van der Waals surface area contributed by atoms with Crippen LogP contribution < -0.4 is 0 Å². The normalized spacial score (nSPS) is 12.0. The highest BCUT2D eigenvalue weighted by atomic mass is 28.2. The number of rotatable bonds is 2. The average molecular weight is 115 g/mol. The molecule has 0 aliphatic heterocycles. The summed E-state index contributed by atoms with van der Waals surface area (Å²) in [5.41, 5.74) is 0. The van der Waals surface area contributed by atoms with E-state index in [1.807, 2.05) is 0 Å². The van der Waals surface area contributed by atoms with Crippen LogP contribution in [-0.4, -0.2) is 35.2 Å². The van der Waals surface area contributed by atoms with Crippen LogP contribution in [0.5, 0.6) is 0 Å². The van der Waals surface area contributed by atoms with E-state index in [-0.39, 0.29) is 0 Å². The maximum absolute atomic E-state index is 3.52. The lowest BCUT2D eigenvalue weighted by molar-refractivity contribution is -0.773. The van der Waals surface area contributed by atoms with E-state index in [0.29, 0.717) is 0 Å². The first-order valence-electron chi connectivity index (χ1n) is 2.64. The standard InChI is InChI=1S/C5H13NSi/c1-4-5-6(2,3)7/h4-5H2,1-3H3/q+1. The summed E-state index contributed by atoms with van der Waals surface area (Å²) in [4.78, 5) is 0. The molecule has 0 spiro atoms. The molecule has 0 aromatic carbocycles. The minimum absolute atomic E-state index is 0.899. The molecule has 0 aromatic heterocycles. The molecule has 0 bridgehead atoms. The minimum atomic E-state index is 0.899. The second-order valence-electron chi connectivity index (χ2n) is 2.41. The molecule has 0 aliphatic carbocycles. The van der Waals surface area contributed by atoms with E-state index in [4.69, 9.17) is 0 Å². The van der Waals surface area contributed by atoms with Crippen LogP contribution in [0.3, 0.4) is 0 Å². The van der Waals surface area contributed by atoms with Gasteiger partial charge in [0.1, 0.15) is 0 Å². The maximum atomic E-state index is 3.52. The van der Waals surface area contributed by atoms with Crippen LogP contribution in [0.15, 0.2) is 0 Å². The SMILES string of the molecule is CCC[N+](C)(C)[Si]. The Balaban J connectivity index is 3.15. The molecule has 1 nitrogen and oxygen atoms in total. The zero-order valence-electron chi connectivity index (χ0n) is 5.36. The van der Waals surface area contributed by atoms with Crippen LogP contribution in [0.1, 0.15) is 13.3 Å². The number of nitrogens with zero attached hydrogens (tertiary/aromatic N) is 1. The summed E-state index contributed by atoms with van der Waals surface area (Å²) in [6.45, 7) is 3.37. The highest BCUT2D eigenvalue weighted by molar-refractivity contribution is 5.97. The van der Waals surface area contributed by atoms with Gasteiger partial charge in [-0.2, -0.15) is 0 Å². The fourth-order valence-electron chi connectivity index (χ4n) is 0.559. The lowest BCUT2D eigenvalue weighted by Crippen LogP contribution is -2.36. The molecule has 0 rings (SSSR count). The van der Waals surface area contributed by atoms with E-state index in [1.54, 1.807) is 0 Å². The molecular weight excluding hydrogens is 102 g/mol. The molecule has 7 heavy (non-hydrogen) atoms. The first-order chi connectivity index (χ1) is 3.06. The smallest absolute Gasteiger partial charge is 0.383 e. The topological polar surface area (TPSA) is 0 Å². The van der Waals surface area contributed by atoms with E-state index in [1.165, 1.54) is 13.0 Å². The minimum Gasteiger partial charge on any atom is -0.383 e. The molecule has 2 heteroatoms. The first-order valence-corrected chi connectivity index (χ1v) is 3.09. The Kier molecular flexibility index (Phi) is 2.54. The van der Waals surface area contributed by atoms with Gasteiger partial charge >= 0.3 is 10.4 Å². The van der Waals surface area contributed by atoms with Crippen molar-refractivity contribution in [2.75, 3.05) is 20.6 Å². The van der Waals surface area contributed by atoms with Gasteiger partial charge in [-0.05, 0) is 6.42 Å². The zero-order chi connectivity index (χ0) is 5.91. The Morgan fingerprint density at radius 3 is 1.86 bits per heavy atom. The third kappa shape index (κ3) is 6.18. The molecule has 3 radical (unpaired) electrons. The molecule has 41 valence electrons. The van der Waals surface area contributed by atoms with Crippen LogP contribution in [-0.2, 0) is 0 Å². The molecule has 0 heterocycles. The van der Waals surface area contributed by atoms with Crippen LogP contribution in [0.2, 0.25) is 0 Å². The van der Waals surface area contributed by atoms with Crippen molar-refractivity contribution in [2.24, 2.45) is 0 Å². The Labute approximate surface area is 49.4 Å². The van der Waals surface area contributed by atoms with Crippen molar-refractivity contribution >= 4 is 10.4 Å². The van der Waals surface area contributed by atoms with Crippen LogP contribution in [0.4, 0.5) is 0 Å². The number of hydrogen-bond donors (Lipinski definition) is 0. The first kappa shape index (κ1) is 7.18. The Morgan fingerprint density at radius 1 is 1.43 bits per heavy atom. The third-order valence-electron chi connectivity index (χ3n) is 0.783. The fourth-order valence-corrected chi connectivity index (χ4v) is 0.783. The van der Waals surface area contributed by atoms with Gasteiger partial charge in [-0.25, -0.2) is 0 Å². The summed E-state index contributed by atoms with van der Waals surface area (Å²) in [6.07, 6.45) is 1.23. The molecule has 0 saturated carbocycles. The molecule has 0 aromatic rings. The van der Waals surface area contributed by atoms with Gasteiger partial charge in [0.25, 0.3) is 0 Å². The van der Waals surface area contributed by atoms with Gasteiger partial charge in [-0.3, -0.25) is 0 Å². The molecular formula is C5H13NSi+. The third-order valence-corrected chi connectivity index (χ3v) is 1.01. The largest absolute Gasteiger partial charge is 0.449 e. The van der Waals surface area contributed by atoms with Gasteiger partial charge in [0.15, 0.2) is 0 Å². The van der Waals surface area contributed by atoms with E-state index in [9.17, 15) is 0 Å². The van der Waals surface area contributed by atoms with Crippen molar-refractivity contribution in [1.82, 2.24) is 0 Å². The van der Waals surface area contributed by atoms with Crippen molar-refractivity contribution in [3.63, 3.8) is 0 Å². The second kappa shape index (κ2) is 2.48. The predicted octanol–water partition coefficient (Wildman–Crippen LogP) is 0.556. The van der Waals surface area contributed by atoms with Gasteiger partial charge in [0.2, 0.25) is 0 Å². The van der Waals surface area contributed by atoms with Crippen LogP contribution >= 0.6 is 0 Å². The van der Waals surface area contributed by atoms with E-state index >= 15 is 0 Å². The Hall–Kier alpha value is 0.177. The van der Waals surface area contributed by atoms with E-state index < -0.39 is 0 Å². The highest BCUT2D eigenvalue weighted by Gasteiger charge is 2.03. The van der Waals surface area contributed by atoms with Gasteiger partial charge in [-0.15, -0.1) is 0 Å². The number of hydrogen-bond acceptors (Lipinski definition) is 0. The molecule has 0 N–H and O–H groups in total. The van der Waals surface area contributed by atoms with E-state index in [2.05, 4.69) is 31.4 Å². The fraction of sp³-hybridized carbons (Fsp3) is 1.00. The number of quaternary nitrogens is 1. The highest BCUT2D eigenvalue weighted by Crippen LogP contribution is 1.88. The summed E-state index contributed by atoms with van der Waals surface area (Å²) in [7, 11) is 7.77. The molecule has 0 fully saturated rings. The van der Waals surface area contributed by atoms with Crippen molar-refractivity contribution < 1.29 is 4.15 Å². The molecule has 0 aliphatic rings. The van der Waals surface area contributed by atoms with Crippen molar-refractivity contribution in [3.8, 4) is 0 Å². The van der Waals surface area contributed by atoms with Crippen LogP contribution in [0.25, 0.3) is 0 Å². The summed E-state index contributed by atoms with van der Waals surface area (Å²) in [6, 6.07) is 0. The molecule has 0 amide bonds. The average Bonchev–Trinajstić information content (AvgIpc) is 1.30. The molecule has 0 unspecified atom stereocenters. The van der Waals surface area contributed by atoms with Crippen molar-refractivity contribution in [2.45, 2.75) is 13.3 Å². The maximum Gasteiger partial charge on any atom is 0.449 e. The van der Waals surface area contributed by atoms with E-state index in [0.717, 1.165) is 4.15 Å². The predicted molar refractivity (Wildman–Crippen MR) is 33.0 cm³/mol. The lowest BCUT2D eigenvalue weighted by atomic mass is 10.5. The molecule has 0 atom stereocenters. The van der Waals surface area contributed by atoms with Gasteiger partial charge in [0, 0.05) is 0 Å². The summed E-state index contributed by atoms with van der Waals surface area (Å²) < 4.78 is 0.899. The van der Waals surface area contributed by atoms with Crippen molar-refractivity contribution in [1.29, 1.82) is 0 Å². The summed E-state index contributed by atoms with van der Waals surface area (Å²) in [5.74, 6) is 0. The monoisotopic (exact) mass is 115 g/mol. The second-order valence-corrected chi connectivity index (χ2v) is 3.62. The summed E-state index contributed by atoms with van der Waals surface area (Å²) in [5, 5.41) is 0. The zero-order valence-corrected chi connectivity index (χ0v) is 6.36. The summed E-state index contributed by atoms with van der Waals surface area (Å²) >= 11 is 0. The molecule has 0 saturated heterocycles. The van der Waals surface area contributed by atoms with Crippen molar-refractivity contribution in [3.05, 3.63) is 0 Å². The quantitative estimate of drug-likeness (QED) is 0.461. The Bertz CT molecular complexity index is 46.5. The van der Waals surface area contributed by atoms with Gasteiger partial charge in [-0.1, -0.05) is 6.92 Å². The van der Waals surface area contributed by atoms with Crippen LogP contribution in [0, 0.1) is 0 Å². The Morgan fingerprint density at radius 2 is 1.86 bits per heavy atom. The van der Waals surface area contributed by atoms with Gasteiger partial charge < -0.3 is 4.15 Å². The lowest BCUT2D eigenvalue weighted by Gasteiger charge is -2.22. The van der Waals surface area contributed by atoms with Gasteiger partial charge in [0.05, 0.1) is 20.6 Å².